The highest BCUT2D eigenvalue weighted by molar-refractivity contribution is 5.50. The van der Waals surface area contributed by atoms with Crippen LogP contribution in [0.2, 0.25) is 0 Å². The summed E-state index contributed by atoms with van der Waals surface area (Å²) in [4.78, 5) is 0. The van der Waals surface area contributed by atoms with Crippen molar-refractivity contribution in [1.29, 1.82) is 0 Å². The van der Waals surface area contributed by atoms with Crippen molar-refractivity contribution in [3.63, 3.8) is 0 Å². The van der Waals surface area contributed by atoms with Gasteiger partial charge in [0.05, 0.1) is 6.61 Å². The zero-order chi connectivity index (χ0) is 9.68. The molecule has 2 nitrogen and oxygen atoms in total. The molecule has 1 aromatic rings. The van der Waals surface area contributed by atoms with Crippen LogP contribution < -0.4 is 5.32 Å². The first-order valence-electron chi connectivity index (χ1n) is 4.71. The SMILES string of the molecule is CCC(CO)Nc1ccccc1C. The molecule has 1 aromatic carbocycles. The molecule has 0 aliphatic heterocycles. The number of rotatable bonds is 4. The molecular formula is C11H17NO. The highest BCUT2D eigenvalue weighted by Gasteiger charge is 2.04. The zero-order valence-electron chi connectivity index (χ0n) is 8.25. The van der Waals surface area contributed by atoms with Gasteiger partial charge in [-0.25, -0.2) is 0 Å². The van der Waals surface area contributed by atoms with Gasteiger partial charge in [-0.2, -0.15) is 0 Å². The van der Waals surface area contributed by atoms with E-state index in [0.29, 0.717) is 0 Å². The first kappa shape index (κ1) is 10.1. The molecule has 2 N–H and O–H groups in total. The van der Waals surface area contributed by atoms with Crippen molar-refractivity contribution < 1.29 is 5.11 Å². The van der Waals surface area contributed by atoms with Gasteiger partial charge >= 0.3 is 0 Å². The van der Waals surface area contributed by atoms with Gasteiger partial charge in [-0.15, -0.1) is 0 Å². The average molecular weight is 179 g/mol. The van der Waals surface area contributed by atoms with E-state index < -0.39 is 0 Å². The van der Waals surface area contributed by atoms with E-state index in [0.717, 1.165) is 12.1 Å². The van der Waals surface area contributed by atoms with Crippen molar-refractivity contribution in [3.05, 3.63) is 29.8 Å². The van der Waals surface area contributed by atoms with E-state index in [1.165, 1.54) is 5.56 Å². The Morgan fingerprint density at radius 3 is 2.62 bits per heavy atom. The van der Waals surface area contributed by atoms with Crippen LogP contribution in [0.25, 0.3) is 0 Å². The van der Waals surface area contributed by atoms with Crippen molar-refractivity contribution in [1.82, 2.24) is 0 Å². The largest absolute Gasteiger partial charge is 0.394 e. The molecule has 1 rings (SSSR count). The molecule has 0 radical (unpaired) electrons. The van der Waals surface area contributed by atoms with Gasteiger partial charge in [-0.1, -0.05) is 25.1 Å². The molecular weight excluding hydrogens is 162 g/mol. The molecule has 0 bridgehead atoms. The summed E-state index contributed by atoms with van der Waals surface area (Å²) in [5, 5.41) is 12.3. The quantitative estimate of drug-likeness (QED) is 0.742. The molecule has 0 heterocycles. The van der Waals surface area contributed by atoms with Crippen LogP contribution in [-0.2, 0) is 0 Å². The fourth-order valence-electron chi connectivity index (χ4n) is 1.23. The van der Waals surface area contributed by atoms with Crippen LogP contribution in [0.5, 0.6) is 0 Å². The van der Waals surface area contributed by atoms with Gasteiger partial charge in [0.1, 0.15) is 0 Å². The Bertz CT molecular complexity index is 256. The molecule has 1 unspecified atom stereocenters. The lowest BCUT2D eigenvalue weighted by Gasteiger charge is -2.16. The van der Waals surface area contributed by atoms with Gasteiger partial charge in [0, 0.05) is 11.7 Å². The van der Waals surface area contributed by atoms with Gasteiger partial charge in [0.2, 0.25) is 0 Å². The molecule has 0 fully saturated rings. The van der Waals surface area contributed by atoms with Crippen LogP contribution in [0.4, 0.5) is 5.69 Å². The van der Waals surface area contributed by atoms with E-state index in [1.54, 1.807) is 0 Å². The standard InChI is InChI=1S/C11H17NO/c1-3-10(8-13)12-11-7-5-4-6-9(11)2/h4-7,10,12-13H,3,8H2,1-2H3. The molecule has 1 atom stereocenters. The third-order valence-electron chi connectivity index (χ3n) is 2.22. The van der Waals surface area contributed by atoms with E-state index in [2.05, 4.69) is 25.2 Å². The Morgan fingerprint density at radius 1 is 1.38 bits per heavy atom. The summed E-state index contributed by atoms with van der Waals surface area (Å²) >= 11 is 0. The van der Waals surface area contributed by atoms with Gasteiger partial charge in [-0.3, -0.25) is 0 Å². The predicted molar refractivity (Wildman–Crippen MR) is 56.0 cm³/mol. The minimum atomic E-state index is 0.168. The number of nitrogens with one attached hydrogen (secondary N) is 1. The van der Waals surface area contributed by atoms with Crippen LogP contribution in [-0.4, -0.2) is 17.8 Å². The second-order valence-electron chi connectivity index (χ2n) is 3.25. The van der Waals surface area contributed by atoms with E-state index in [-0.39, 0.29) is 12.6 Å². The Morgan fingerprint density at radius 2 is 2.08 bits per heavy atom. The molecule has 0 saturated carbocycles. The summed E-state index contributed by atoms with van der Waals surface area (Å²) in [5.41, 5.74) is 2.33. The monoisotopic (exact) mass is 179 g/mol. The molecule has 0 aliphatic rings. The maximum Gasteiger partial charge on any atom is 0.0632 e. The number of aliphatic hydroxyl groups excluding tert-OH is 1. The first-order valence-corrected chi connectivity index (χ1v) is 4.71. The maximum absolute atomic E-state index is 9.02. The summed E-state index contributed by atoms with van der Waals surface area (Å²) in [6.45, 7) is 4.31. The Kier molecular flexibility index (Phi) is 3.77. The third kappa shape index (κ3) is 2.74. The number of aryl methyl sites for hydroxylation is 1. The van der Waals surface area contributed by atoms with Crippen LogP contribution in [0.15, 0.2) is 24.3 Å². The molecule has 72 valence electrons. The van der Waals surface area contributed by atoms with Gasteiger partial charge in [-0.05, 0) is 25.0 Å². The summed E-state index contributed by atoms with van der Waals surface area (Å²) < 4.78 is 0. The zero-order valence-corrected chi connectivity index (χ0v) is 8.25. The molecule has 2 heteroatoms. The maximum atomic E-state index is 9.02. The fourth-order valence-corrected chi connectivity index (χ4v) is 1.23. The molecule has 0 aromatic heterocycles. The Hall–Kier alpha value is -1.02. The minimum Gasteiger partial charge on any atom is -0.394 e. The van der Waals surface area contributed by atoms with Crippen molar-refractivity contribution in [3.8, 4) is 0 Å². The number of hydrogen-bond acceptors (Lipinski definition) is 2. The van der Waals surface area contributed by atoms with Crippen LogP contribution >= 0.6 is 0 Å². The third-order valence-corrected chi connectivity index (χ3v) is 2.22. The van der Waals surface area contributed by atoms with Crippen molar-refractivity contribution in [2.24, 2.45) is 0 Å². The van der Waals surface area contributed by atoms with E-state index in [4.69, 9.17) is 5.11 Å². The lowest BCUT2D eigenvalue weighted by molar-refractivity contribution is 0.272. The van der Waals surface area contributed by atoms with Crippen LogP contribution in [0.3, 0.4) is 0 Å². The van der Waals surface area contributed by atoms with Gasteiger partial charge in [0.25, 0.3) is 0 Å². The number of benzene rings is 1. The van der Waals surface area contributed by atoms with E-state index in [1.807, 2.05) is 18.2 Å². The van der Waals surface area contributed by atoms with Crippen molar-refractivity contribution in [2.75, 3.05) is 11.9 Å². The highest BCUT2D eigenvalue weighted by Crippen LogP contribution is 2.14. The van der Waals surface area contributed by atoms with E-state index in [9.17, 15) is 0 Å². The average Bonchev–Trinajstić information content (AvgIpc) is 2.17. The van der Waals surface area contributed by atoms with E-state index >= 15 is 0 Å². The highest BCUT2D eigenvalue weighted by atomic mass is 16.3. The molecule has 0 amide bonds. The minimum absolute atomic E-state index is 0.168. The lowest BCUT2D eigenvalue weighted by Crippen LogP contribution is -2.22. The number of aliphatic hydroxyl groups is 1. The second-order valence-corrected chi connectivity index (χ2v) is 3.25. The topological polar surface area (TPSA) is 32.3 Å². The number of para-hydroxylation sites is 1. The summed E-state index contributed by atoms with van der Waals surface area (Å²) in [7, 11) is 0. The summed E-state index contributed by atoms with van der Waals surface area (Å²) in [6.07, 6.45) is 0.935. The normalized spacial score (nSPS) is 12.5. The number of hydrogen-bond donors (Lipinski definition) is 2. The summed E-state index contributed by atoms with van der Waals surface area (Å²) in [5.74, 6) is 0. The second kappa shape index (κ2) is 4.87. The van der Waals surface area contributed by atoms with Gasteiger partial charge < -0.3 is 10.4 Å². The number of anilines is 1. The predicted octanol–water partition coefficient (Wildman–Crippen LogP) is 2.18. The molecule has 0 aliphatic carbocycles. The fraction of sp³-hybridized carbons (Fsp3) is 0.455. The van der Waals surface area contributed by atoms with Crippen molar-refractivity contribution in [2.45, 2.75) is 26.3 Å². The Labute approximate surface area is 79.6 Å². The summed E-state index contributed by atoms with van der Waals surface area (Å²) in [6, 6.07) is 8.28. The van der Waals surface area contributed by atoms with Crippen LogP contribution in [0.1, 0.15) is 18.9 Å². The smallest absolute Gasteiger partial charge is 0.0632 e. The lowest BCUT2D eigenvalue weighted by atomic mass is 10.1. The Balaban J connectivity index is 2.67. The van der Waals surface area contributed by atoms with Crippen molar-refractivity contribution >= 4 is 5.69 Å². The molecule has 13 heavy (non-hydrogen) atoms. The molecule has 0 spiro atoms. The molecule has 0 saturated heterocycles. The van der Waals surface area contributed by atoms with Crippen LogP contribution in [0, 0.1) is 6.92 Å². The van der Waals surface area contributed by atoms with Gasteiger partial charge in [0.15, 0.2) is 0 Å². The first-order chi connectivity index (χ1) is 6.27.